The summed E-state index contributed by atoms with van der Waals surface area (Å²) in [5.41, 5.74) is 0. The van der Waals surface area contributed by atoms with Crippen molar-refractivity contribution in [2.75, 3.05) is 39.3 Å². The molecule has 2 aliphatic heterocycles. The van der Waals surface area contributed by atoms with E-state index >= 15 is 0 Å². The maximum Gasteiger partial charge on any atom is 0.234 e. The van der Waals surface area contributed by atoms with Crippen LogP contribution in [0, 0.1) is 0 Å². The molecule has 0 radical (unpaired) electrons. The minimum atomic E-state index is 0.183. The van der Waals surface area contributed by atoms with E-state index in [0.29, 0.717) is 12.6 Å². The molecule has 2 aliphatic rings. The van der Waals surface area contributed by atoms with Crippen LogP contribution in [-0.4, -0.2) is 61.0 Å². The molecule has 4 heteroatoms. The third-order valence-electron chi connectivity index (χ3n) is 4.14. The Balaban J connectivity index is 1.77. The molecule has 0 aliphatic carbocycles. The summed E-state index contributed by atoms with van der Waals surface area (Å²) in [4.78, 5) is 16.6. The van der Waals surface area contributed by atoms with Crippen molar-refractivity contribution in [3.8, 4) is 0 Å². The van der Waals surface area contributed by atoms with Gasteiger partial charge in [0.25, 0.3) is 0 Å². The third kappa shape index (κ3) is 3.95. The average molecular weight is 253 g/mol. The van der Waals surface area contributed by atoms with Gasteiger partial charge in [-0.3, -0.25) is 9.69 Å². The Bertz CT molecular complexity index is 264. The molecule has 2 rings (SSSR count). The standard InChI is InChI=1S/C14H27N3O/c1-2-15-14(18)12-17-10-6-7-13(17)11-16-8-4-3-5-9-16/h13H,2-12H2,1H3,(H,15,18). The van der Waals surface area contributed by atoms with E-state index in [1.165, 1.54) is 51.7 Å². The van der Waals surface area contributed by atoms with E-state index in [9.17, 15) is 4.79 Å². The van der Waals surface area contributed by atoms with E-state index in [1.807, 2.05) is 6.92 Å². The molecular formula is C14H27N3O. The van der Waals surface area contributed by atoms with E-state index in [-0.39, 0.29) is 5.91 Å². The molecule has 0 bridgehead atoms. The maximum absolute atomic E-state index is 11.7. The Morgan fingerprint density at radius 3 is 2.67 bits per heavy atom. The van der Waals surface area contributed by atoms with Gasteiger partial charge in [0, 0.05) is 19.1 Å². The molecule has 0 spiro atoms. The van der Waals surface area contributed by atoms with Crippen LogP contribution < -0.4 is 5.32 Å². The van der Waals surface area contributed by atoms with Crippen LogP contribution in [0.2, 0.25) is 0 Å². The number of hydrogen-bond donors (Lipinski definition) is 1. The zero-order valence-corrected chi connectivity index (χ0v) is 11.7. The fraction of sp³-hybridized carbons (Fsp3) is 0.929. The molecular weight excluding hydrogens is 226 g/mol. The van der Waals surface area contributed by atoms with Gasteiger partial charge in [0.15, 0.2) is 0 Å². The normalized spacial score (nSPS) is 26.4. The quantitative estimate of drug-likeness (QED) is 0.796. The van der Waals surface area contributed by atoms with Crippen LogP contribution in [0.3, 0.4) is 0 Å². The van der Waals surface area contributed by atoms with Crippen LogP contribution in [0.15, 0.2) is 0 Å². The van der Waals surface area contributed by atoms with Crippen molar-refractivity contribution in [3.63, 3.8) is 0 Å². The molecule has 2 fully saturated rings. The number of hydrogen-bond acceptors (Lipinski definition) is 3. The SMILES string of the molecule is CCNC(=O)CN1CCCC1CN1CCCCC1. The van der Waals surface area contributed by atoms with Gasteiger partial charge in [-0.25, -0.2) is 0 Å². The van der Waals surface area contributed by atoms with E-state index in [2.05, 4.69) is 15.1 Å². The molecule has 0 aromatic rings. The lowest BCUT2D eigenvalue weighted by Gasteiger charge is -2.32. The predicted molar refractivity (Wildman–Crippen MR) is 73.6 cm³/mol. The molecule has 1 amide bonds. The highest BCUT2D eigenvalue weighted by atomic mass is 16.2. The summed E-state index contributed by atoms with van der Waals surface area (Å²) in [6.07, 6.45) is 6.60. The summed E-state index contributed by atoms with van der Waals surface area (Å²) in [5.74, 6) is 0.183. The molecule has 0 aromatic heterocycles. The zero-order valence-electron chi connectivity index (χ0n) is 11.7. The Morgan fingerprint density at radius 2 is 1.94 bits per heavy atom. The topological polar surface area (TPSA) is 35.6 Å². The molecule has 1 unspecified atom stereocenters. The van der Waals surface area contributed by atoms with Gasteiger partial charge >= 0.3 is 0 Å². The molecule has 4 nitrogen and oxygen atoms in total. The van der Waals surface area contributed by atoms with Gasteiger partial charge in [-0.2, -0.15) is 0 Å². The highest BCUT2D eigenvalue weighted by Crippen LogP contribution is 2.19. The number of carbonyl (C=O) groups excluding carboxylic acids is 1. The first-order chi connectivity index (χ1) is 8.79. The van der Waals surface area contributed by atoms with Gasteiger partial charge in [-0.1, -0.05) is 6.42 Å². The maximum atomic E-state index is 11.7. The Labute approximate surface area is 111 Å². The van der Waals surface area contributed by atoms with Gasteiger partial charge in [0.1, 0.15) is 0 Å². The first-order valence-corrected chi connectivity index (χ1v) is 7.52. The highest BCUT2D eigenvalue weighted by molar-refractivity contribution is 5.78. The summed E-state index contributed by atoms with van der Waals surface area (Å²) in [5, 5.41) is 2.90. The smallest absolute Gasteiger partial charge is 0.234 e. The molecule has 0 saturated carbocycles. The van der Waals surface area contributed by atoms with Crippen LogP contribution in [-0.2, 0) is 4.79 Å². The predicted octanol–water partition coefficient (Wildman–Crippen LogP) is 1.07. The molecule has 2 heterocycles. The lowest BCUT2D eigenvalue weighted by molar-refractivity contribution is -0.122. The molecule has 1 N–H and O–H groups in total. The second-order valence-electron chi connectivity index (χ2n) is 5.58. The average Bonchev–Trinajstić information content (AvgIpc) is 2.78. The Hall–Kier alpha value is -0.610. The van der Waals surface area contributed by atoms with Crippen molar-refractivity contribution in [1.29, 1.82) is 0 Å². The first-order valence-electron chi connectivity index (χ1n) is 7.52. The van der Waals surface area contributed by atoms with Crippen LogP contribution >= 0.6 is 0 Å². The van der Waals surface area contributed by atoms with Crippen LogP contribution in [0.5, 0.6) is 0 Å². The summed E-state index contributed by atoms with van der Waals surface area (Å²) in [7, 11) is 0. The van der Waals surface area contributed by atoms with Crippen molar-refractivity contribution in [2.24, 2.45) is 0 Å². The van der Waals surface area contributed by atoms with Crippen LogP contribution in [0.1, 0.15) is 39.0 Å². The minimum Gasteiger partial charge on any atom is -0.355 e. The van der Waals surface area contributed by atoms with E-state index in [1.54, 1.807) is 0 Å². The van der Waals surface area contributed by atoms with Crippen molar-refractivity contribution in [2.45, 2.75) is 45.1 Å². The lowest BCUT2D eigenvalue weighted by Crippen LogP contribution is -2.45. The van der Waals surface area contributed by atoms with Crippen LogP contribution in [0.4, 0.5) is 0 Å². The highest BCUT2D eigenvalue weighted by Gasteiger charge is 2.28. The fourth-order valence-corrected chi connectivity index (χ4v) is 3.19. The summed E-state index contributed by atoms with van der Waals surface area (Å²) < 4.78 is 0. The molecule has 1 atom stereocenters. The summed E-state index contributed by atoms with van der Waals surface area (Å²) in [6, 6.07) is 0.603. The molecule has 2 saturated heterocycles. The lowest BCUT2D eigenvalue weighted by atomic mass is 10.1. The number of nitrogens with zero attached hydrogens (tertiary/aromatic N) is 2. The fourth-order valence-electron chi connectivity index (χ4n) is 3.19. The van der Waals surface area contributed by atoms with E-state index < -0.39 is 0 Å². The van der Waals surface area contributed by atoms with Gasteiger partial charge in [0.05, 0.1) is 6.54 Å². The van der Waals surface area contributed by atoms with Crippen LogP contribution in [0.25, 0.3) is 0 Å². The zero-order chi connectivity index (χ0) is 12.8. The number of piperidine rings is 1. The number of nitrogens with one attached hydrogen (secondary N) is 1. The van der Waals surface area contributed by atoms with Crippen molar-refractivity contribution in [1.82, 2.24) is 15.1 Å². The van der Waals surface area contributed by atoms with Gasteiger partial charge in [0.2, 0.25) is 5.91 Å². The third-order valence-corrected chi connectivity index (χ3v) is 4.14. The van der Waals surface area contributed by atoms with Crippen molar-refractivity contribution in [3.05, 3.63) is 0 Å². The molecule has 0 aromatic carbocycles. The second-order valence-corrected chi connectivity index (χ2v) is 5.58. The van der Waals surface area contributed by atoms with E-state index in [0.717, 1.165) is 13.1 Å². The van der Waals surface area contributed by atoms with Gasteiger partial charge in [-0.15, -0.1) is 0 Å². The summed E-state index contributed by atoms with van der Waals surface area (Å²) in [6.45, 7) is 8.08. The Kier molecular flexibility index (Phi) is 5.45. The summed E-state index contributed by atoms with van der Waals surface area (Å²) >= 11 is 0. The number of carbonyl (C=O) groups is 1. The number of amides is 1. The molecule has 18 heavy (non-hydrogen) atoms. The number of rotatable bonds is 5. The van der Waals surface area contributed by atoms with E-state index in [4.69, 9.17) is 0 Å². The van der Waals surface area contributed by atoms with Crippen molar-refractivity contribution >= 4 is 5.91 Å². The first kappa shape index (κ1) is 13.8. The second kappa shape index (κ2) is 7.10. The van der Waals surface area contributed by atoms with Gasteiger partial charge in [-0.05, 0) is 52.2 Å². The monoisotopic (exact) mass is 253 g/mol. The van der Waals surface area contributed by atoms with Crippen molar-refractivity contribution < 1.29 is 4.79 Å². The minimum absolute atomic E-state index is 0.183. The largest absolute Gasteiger partial charge is 0.355 e. The number of likely N-dealkylation sites (N-methyl/N-ethyl adjacent to an activating group) is 1. The molecule has 104 valence electrons. The Morgan fingerprint density at radius 1 is 1.17 bits per heavy atom. The number of likely N-dealkylation sites (tertiary alicyclic amines) is 2. The van der Waals surface area contributed by atoms with Gasteiger partial charge < -0.3 is 10.2 Å².